The van der Waals surface area contributed by atoms with Crippen LogP contribution in [0.5, 0.6) is 0 Å². The zero-order chi connectivity index (χ0) is 15.1. The molecule has 8 heteroatoms. The quantitative estimate of drug-likeness (QED) is 0.690. The van der Waals surface area contributed by atoms with Gasteiger partial charge in [0.1, 0.15) is 6.04 Å². The molecular weight excluding hydrogens is 280 g/mol. The number of nitrogens with zero attached hydrogens (tertiary/aromatic N) is 2. The monoisotopic (exact) mass is 300 g/mol. The van der Waals surface area contributed by atoms with Gasteiger partial charge in [-0.3, -0.25) is 4.68 Å². The van der Waals surface area contributed by atoms with E-state index in [0.29, 0.717) is 18.7 Å². The molecule has 112 valence electrons. The van der Waals surface area contributed by atoms with Crippen LogP contribution in [0.2, 0.25) is 0 Å². The van der Waals surface area contributed by atoms with Gasteiger partial charge in [0.25, 0.3) is 0 Å². The Hall–Kier alpha value is -1.70. The van der Waals surface area contributed by atoms with Crippen molar-refractivity contribution in [2.24, 2.45) is 7.05 Å². The van der Waals surface area contributed by atoms with Crippen molar-refractivity contribution in [2.45, 2.75) is 25.9 Å². The van der Waals surface area contributed by atoms with Crippen LogP contribution in [0, 0.1) is 6.92 Å². The molecule has 0 saturated heterocycles. The van der Waals surface area contributed by atoms with Crippen LogP contribution < -0.4 is 10.6 Å². The number of rotatable bonds is 7. The Kier molecular flexibility index (Phi) is 6.37. The van der Waals surface area contributed by atoms with Crippen molar-refractivity contribution in [3.8, 4) is 0 Å². The van der Waals surface area contributed by atoms with Crippen molar-refractivity contribution in [2.75, 3.05) is 12.0 Å². The van der Waals surface area contributed by atoms with Crippen LogP contribution in [0.15, 0.2) is 6.07 Å². The van der Waals surface area contributed by atoms with Crippen LogP contribution in [0.4, 0.5) is 4.79 Å². The highest BCUT2D eigenvalue weighted by atomic mass is 32.2. The van der Waals surface area contributed by atoms with Gasteiger partial charge < -0.3 is 15.7 Å². The zero-order valence-electron chi connectivity index (χ0n) is 11.8. The van der Waals surface area contributed by atoms with E-state index in [2.05, 4.69) is 15.7 Å². The van der Waals surface area contributed by atoms with Crippen LogP contribution in [0.1, 0.15) is 17.8 Å². The standard InChI is InChI=1S/C12H20N4O3S/c1-8-6-9(16(2)15-8)7-13-12(19)14-10(11(17)18)4-5-20-3/h6,10H,4-5,7H2,1-3H3,(H,17,18)(H2,13,14,19). The van der Waals surface area contributed by atoms with Gasteiger partial charge in [-0.25, -0.2) is 9.59 Å². The number of amides is 2. The Morgan fingerprint density at radius 2 is 2.25 bits per heavy atom. The first-order chi connectivity index (χ1) is 9.43. The summed E-state index contributed by atoms with van der Waals surface area (Å²) in [6, 6.07) is 0.510. The summed E-state index contributed by atoms with van der Waals surface area (Å²) in [5.41, 5.74) is 1.72. The number of carbonyl (C=O) groups is 2. The molecule has 1 aromatic rings. The lowest BCUT2D eigenvalue weighted by molar-refractivity contribution is -0.139. The summed E-state index contributed by atoms with van der Waals surface area (Å²) < 4.78 is 1.68. The number of hydrogen-bond acceptors (Lipinski definition) is 4. The molecule has 7 nitrogen and oxygen atoms in total. The Balaban J connectivity index is 2.45. The van der Waals surface area contributed by atoms with Crippen molar-refractivity contribution in [1.82, 2.24) is 20.4 Å². The lowest BCUT2D eigenvalue weighted by Gasteiger charge is -2.14. The molecule has 3 N–H and O–H groups in total. The average Bonchev–Trinajstić information content (AvgIpc) is 2.70. The fraction of sp³-hybridized carbons (Fsp3) is 0.583. The summed E-state index contributed by atoms with van der Waals surface area (Å²) in [6.45, 7) is 2.17. The second-order valence-electron chi connectivity index (χ2n) is 4.40. The van der Waals surface area contributed by atoms with Gasteiger partial charge in [-0.05, 0) is 31.4 Å². The third-order valence-corrected chi connectivity index (χ3v) is 3.39. The minimum atomic E-state index is -1.02. The van der Waals surface area contributed by atoms with Gasteiger partial charge in [0.2, 0.25) is 0 Å². The molecule has 0 aromatic carbocycles. The van der Waals surface area contributed by atoms with E-state index in [-0.39, 0.29) is 0 Å². The van der Waals surface area contributed by atoms with Gasteiger partial charge in [0.15, 0.2) is 0 Å². The number of nitrogens with one attached hydrogen (secondary N) is 2. The third kappa shape index (κ3) is 5.12. The SMILES string of the molecule is CSCCC(NC(=O)NCc1cc(C)nn1C)C(=O)O. The van der Waals surface area contributed by atoms with E-state index < -0.39 is 18.0 Å². The molecule has 0 fully saturated rings. The lowest BCUT2D eigenvalue weighted by atomic mass is 10.2. The molecule has 1 rings (SSSR count). The van der Waals surface area contributed by atoms with Gasteiger partial charge in [0, 0.05) is 7.05 Å². The van der Waals surface area contributed by atoms with Crippen molar-refractivity contribution >= 4 is 23.8 Å². The third-order valence-electron chi connectivity index (χ3n) is 2.74. The number of aryl methyl sites for hydroxylation is 2. The first-order valence-corrected chi connectivity index (χ1v) is 7.59. The minimum absolute atomic E-state index is 0.304. The molecule has 0 bridgehead atoms. The maximum atomic E-state index is 11.7. The predicted octanol–water partition coefficient (Wildman–Crippen LogP) is 0.734. The molecule has 0 spiro atoms. The molecule has 0 radical (unpaired) electrons. The molecule has 1 atom stereocenters. The highest BCUT2D eigenvalue weighted by molar-refractivity contribution is 7.98. The number of carbonyl (C=O) groups excluding carboxylic acids is 1. The summed E-state index contributed by atoms with van der Waals surface area (Å²) >= 11 is 1.54. The smallest absolute Gasteiger partial charge is 0.326 e. The largest absolute Gasteiger partial charge is 0.480 e. The summed E-state index contributed by atoms with van der Waals surface area (Å²) in [6.07, 6.45) is 2.29. The number of urea groups is 1. The average molecular weight is 300 g/mol. The van der Waals surface area contributed by atoms with Crippen LogP contribution in [-0.2, 0) is 18.4 Å². The second-order valence-corrected chi connectivity index (χ2v) is 5.39. The predicted molar refractivity (Wildman–Crippen MR) is 77.7 cm³/mol. The molecule has 1 heterocycles. The molecule has 0 aliphatic carbocycles. The number of aliphatic carboxylic acids is 1. The molecule has 0 aliphatic heterocycles. The van der Waals surface area contributed by atoms with Crippen molar-refractivity contribution in [3.05, 3.63) is 17.5 Å². The van der Waals surface area contributed by atoms with Crippen LogP contribution in [0.25, 0.3) is 0 Å². The zero-order valence-corrected chi connectivity index (χ0v) is 12.7. The Labute approximate surface area is 122 Å². The van der Waals surface area contributed by atoms with E-state index in [1.54, 1.807) is 23.5 Å². The van der Waals surface area contributed by atoms with Gasteiger partial charge in [-0.15, -0.1) is 0 Å². The van der Waals surface area contributed by atoms with E-state index in [1.165, 1.54) is 0 Å². The fourth-order valence-corrected chi connectivity index (χ4v) is 2.17. The molecule has 0 saturated carbocycles. The molecular formula is C12H20N4O3S. The van der Waals surface area contributed by atoms with E-state index in [4.69, 9.17) is 5.11 Å². The van der Waals surface area contributed by atoms with Crippen molar-refractivity contribution in [3.63, 3.8) is 0 Å². The normalized spacial score (nSPS) is 11.9. The van der Waals surface area contributed by atoms with Crippen LogP contribution >= 0.6 is 11.8 Å². The molecule has 20 heavy (non-hydrogen) atoms. The Bertz CT molecular complexity index is 475. The first kappa shape index (κ1) is 16.4. The molecule has 0 aliphatic rings. The number of carboxylic acids is 1. The highest BCUT2D eigenvalue weighted by Gasteiger charge is 2.19. The second kappa shape index (κ2) is 7.78. The van der Waals surface area contributed by atoms with Gasteiger partial charge in [-0.1, -0.05) is 0 Å². The Morgan fingerprint density at radius 3 is 2.75 bits per heavy atom. The van der Waals surface area contributed by atoms with E-state index in [1.807, 2.05) is 19.2 Å². The summed E-state index contributed by atoms with van der Waals surface area (Å²) in [4.78, 5) is 22.7. The van der Waals surface area contributed by atoms with E-state index in [0.717, 1.165) is 11.4 Å². The maximum Gasteiger partial charge on any atom is 0.326 e. The van der Waals surface area contributed by atoms with Crippen LogP contribution in [-0.4, -0.2) is 44.9 Å². The molecule has 1 unspecified atom stereocenters. The lowest BCUT2D eigenvalue weighted by Crippen LogP contribution is -2.46. The van der Waals surface area contributed by atoms with Crippen LogP contribution in [0.3, 0.4) is 0 Å². The number of hydrogen-bond donors (Lipinski definition) is 3. The van der Waals surface area contributed by atoms with Crippen molar-refractivity contribution < 1.29 is 14.7 Å². The van der Waals surface area contributed by atoms with Gasteiger partial charge in [-0.2, -0.15) is 16.9 Å². The number of thioether (sulfide) groups is 1. The topological polar surface area (TPSA) is 96.3 Å². The summed E-state index contributed by atoms with van der Waals surface area (Å²) in [5, 5.41) is 18.3. The number of aromatic nitrogens is 2. The van der Waals surface area contributed by atoms with E-state index >= 15 is 0 Å². The van der Waals surface area contributed by atoms with Gasteiger partial charge in [0.05, 0.1) is 17.9 Å². The summed E-state index contributed by atoms with van der Waals surface area (Å²) in [5.74, 6) is -0.344. The number of carboxylic acid groups (broad SMARTS) is 1. The maximum absolute atomic E-state index is 11.7. The van der Waals surface area contributed by atoms with Crippen molar-refractivity contribution in [1.29, 1.82) is 0 Å². The Morgan fingerprint density at radius 1 is 1.55 bits per heavy atom. The highest BCUT2D eigenvalue weighted by Crippen LogP contribution is 2.02. The first-order valence-electron chi connectivity index (χ1n) is 6.19. The van der Waals surface area contributed by atoms with E-state index in [9.17, 15) is 9.59 Å². The fourth-order valence-electron chi connectivity index (χ4n) is 1.70. The minimum Gasteiger partial charge on any atom is -0.480 e. The molecule has 2 amide bonds. The van der Waals surface area contributed by atoms with Gasteiger partial charge >= 0.3 is 12.0 Å². The molecule has 1 aromatic heterocycles. The summed E-state index contributed by atoms with van der Waals surface area (Å²) in [7, 11) is 1.79.